The average Bonchev–Trinajstić information content (AvgIpc) is 3.61. The third kappa shape index (κ3) is 5.45. The third-order valence-corrected chi connectivity index (χ3v) is 12.0. The first kappa shape index (κ1) is 33.8. The number of rotatable bonds is 7. The minimum Gasteiger partial charge on any atom is -0.309 e. The molecule has 272 valence electrons. The van der Waals surface area contributed by atoms with Crippen molar-refractivity contribution < 1.29 is 0 Å². The molecule has 1 aromatic heterocycles. The van der Waals surface area contributed by atoms with Gasteiger partial charge >= 0.3 is 0 Å². The topological polar surface area (TPSA) is 16.1 Å². The van der Waals surface area contributed by atoms with Crippen LogP contribution in [0.4, 0.5) is 17.1 Å². The van der Waals surface area contributed by atoms with Crippen molar-refractivity contribution in [3.05, 3.63) is 253 Å². The Hall–Kier alpha value is -7.55. The van der Waals surface area contributed by atoms with Crippen LogP contribution in [-0.2, 0) is 5.41 Å². The summed E-state index contributed by atoms with van der Waals surface area (Å²) >= 11 is 0. The van der Waals surface area contributed by atoms with E-state index in [2.05, 4.69) is 229 Å². The summed E-state index contributed by atoms with van der Waals surface area (Å²) < 4.78 is 0. The summed E-state index contributed by atoms with van der Waals surface area (Å²) in [4.78, 5) is 7.53. The van der Waals surface area contributed by atoms with Crippen LogP contribution < -0.4 is 4.90 Å². The second-order valence-corrected chi connectivity index (χ2v) is 15.1. The molecule has 1 heterocycles. The predicted octanol–water partition coefficient (Wildman–Crippen LogP) is 14.6. The largest absolute Gasteiger partial charge is 0.309 e. The fourth-order valence-corrected chi connectivity index (χ4v) is 9.30. The number of anilines is 3. The Balaban J connectivity index is 1.06. The molecule has 2 heteroatoms. The van der Waals surface area contributed by atoms with Gasteiger partial charge in [-0.05, 0) is 109 Å². The van der Waals surface area contributed by atoms with Crippen LogP contribution in [0.25, 0.3) is 55.1 Å². The summed E-state index contributed by atoms with van der Waals surface area (Å²) in [5.74, 6) is 0. The first-order valence-corrected chi connectivity index (χ1v) is 19.9. The Morgan fingerprint density at radius 1 is 0.362 bits per heavy atom. The molecule has 0 fully saturated rings. The number of fused-ring (bicyclic) bond motifs is 6. The zero-order valence-electron chi connectivity index (χ0n) is 31.8. The van der Waals surface area contributed by atoms with Crippen molar-refractivity contribution in [2.45, 2.75) is 5.41 Å². The molecule has 1 aliphatic carbocycles. The molecule has 0 bridgehead atoms. The summed E-state index contributed by atoms with van der Waals surface area (Å²) in [6.45, 7) is 0. The van der Waals surface area contributed by atoms with Crippen LogP contribution in [0.1, 0.15) is 22.3 Å². The second-order valence-electron chi connectivity index (χ2n) is 15.1. The lowest BCUT2D eigenvalue weighted by atomic mass is 9.67. The van der Waals surface area contributed by atoms with Crippen LogP contribution >= 0.6 is 0 Å². The van der Waals surface area contributed by atoms with Gasteiger partial charge in [-0.25, -0.2) is 0 Å². The van der Waals surface area contributed by atoms with Gasteiger partial charge in [0.2, 0.25) is 0 Å². The molecule has 0 aliphatic heterocycles. The van der Waals surface area contributed by atoms with Crippen LogP contribution in [0.15, 0.2) is 231 Å². The van der Waals surface area contributed by atoms with Crippen molar-refractivity contribution in [3.8, 4) is 33.5 Å². The Morgan fingerprint density at radius 3 is 1.64 bits per heavy atom. The van der Waals surface area contributed by atoms with Crippen molar-refractivity contribution in [2.75, 3.05) is 4.90 Å². The fraction of sp³-hybridized carbons (Fsp3) is 0.0179. The average molecular weight is 739 g/mol. The van der Waals surface area contributed by atoms with Gasteiger partial charge in [-0.15, -0.1) is 0 Å². The standard InChI is InChI=1S/C56H38N2/c1-4-14-39(15-5-1)41-24-29-47(30-25-41)58(48-31-26-40-16-10-11-18-43(40)36-48)49-32-35-54(57-38-49)44-27-33-51-53(37-44)56(45-19-6-2-7-20-45,46-21-8-3-9-22-46)52-34-28-42-17-12-13-23-50(42)55(51)52/h1-38H. The smallest absolute Gasteiger partial charge is 0.0714 e. The molecule has 0 atom stereocenters. The van der Waals surface area contributed by atoms with E-state index in [0.29, 0.717) is 0 Å². The maximum atomic E-state index is 5.22. The Kier molecular flexibility index (Phi) is 8.08. The molecule has 0 saturated heterocycles. The van der Waals surface area contributed by atoms with Gasteiger partial charge in [-0.2, -0.15) is 0 Å². The van der Waals surface area contributed by atoms with Crippen molar-refractivity contribution in [3.63, 3.8) is 0 Å². The monoisotopic (exact) mass is 738 g/mol. The Bertz CT molecular complexity index is 3040. The molecule has 0 N–H and O–H groups in total. The van der Waals surface area contributed by atoms with Crippen LogP contribution in [0.5, 0.6) is 0 Å². The van der Waals surface area contributed by atoms with E-state index in [1.807, 2.05) is 6.20 Å². The number of hydrogen-bond donors (Lipinski definition) is 0. The first-order valence-electron chi connectivity index (χ1n) is 19.9. The molecular weight excluding hydrogens is 701 g/mol. The van der Waals surface area contributed by atoms with E-state index in [4.69, 9.17) is 4.98 Å². The zero-order valence-corrected chi connectivity index (χ0v) is 31.8. The number of nitrogens with zero attached hydrogens (tertiary/aromatic N) is 2. The number of benzene rings is 9. The van der Waals surface area contributed by atoms with Crippen molar-refractivity contribution >= 4 is 38.6 Å². The minimum atomic E-state index is -0.508. The van der Waals surface area contributed by atoms with Gasteiger partial charge in [0.1, 0.15) is 0 Å². The van der Waals surface area contributed by atoms with E-state index in [-0.39, 0.29) is 0 Å². The Labute approximate surface area is 339 Å². The lowest BCUT2D eigenvalue weighted by molar-refractivity contribution is 0.769. The van der Waals surface area contributed by atoms with E-state index < -0.39 is 5.41 Å². The van der Waals surface area contributed by atoms with Crippen molar-refractivity contribution in [1.82, 2.24) is 4.98 Å². The van der Waals surface area contributed by atoms with E-state index >= 15 is 0 Å². The molecule has 0 saturated carbocycles. The molecule has 0 spiro atoms. The number of pyridine rings is 1. The molecule has 58 heavy (non-hydrogen) atoms. The number of aromatic nitrogens is 1. The van der Waals surface area contributed by atoms with E-state index in [0.717, 1.165) is 28.3 Å². The molecule has 10 aromatic rings. The molecular formula is C56H38N2. The summed E-state index contributed by atoms with van der Waals surface area (Å²) in [5, 5.41) is 4.93. The lowest BCUT2D eigenvalue weighted by Crippen LogP contribution is -2.28. The van der Waals surface area contributed by atoms with Crippen molar-refractivity contribution in [1.29, 1.82) is 0 Å². The van der Waals surface area contributed by atoms with E-state index in [1.54, 1.807) is 0 Å². The van der Waals surface area contributed by atoms with Crippen LogP contribution in [0, 0.1) is 0 Å². The highest BCUT2D eigenvalue weighted by Crippen LogP contribution is 2.58. The van der Waals surface area contributed by atoms with Gasteiger partial charge in [0.25, 0.3) is 0 Å². The third-order valence-electron chi connectivity index (χ3n) is 12.0. The fourth-order valence-electron chi connectivity index (χ4n) is 9.30. The van der Waals surface area contributed by atoms with Gasteiger partial charge in [0.15, 0.2) is 0 Å². The van der Waals surface area contributed by atoms with Crippen LogP contribution in [-0.4, -0.2) is 4.98 Å². The lowest BCUT2D eigenvalue weighted by Gasteiger charge is -2.34. The van der Waals surface area contributed by atoms with E-state index in [9.17, 15) is 0 Å². The van der Waals surface area contributed by atoms with Crippen LogP contribution in [0.2, 0.25) is 0 Å². The quantitative estimate of drug-likeness (QED) is 0.162. The highest BCUT2D eigenvalue weighted by atomic mass is 15.1. The van der Waals surface area contributed by atoms with Gasteiger partial charge in [0.05, 0.1) is 23.0 Å². The summed E-state index contributed by atoms with van der Waals surface area (Å²) in [7, 11) is 0. The second kappa shape index (κ2) is 13.9. The van der Waals surface area contributed by atoms with Gasteiger partial charge < -0.3 is 4.90 Å². The maximum absolute atomic E-state index is 5.22. The number of hydrogen-bond acceptors (Lipinski definition) is 2. The maximum Gasteiger partial charge on any atom is 0.0714 e. The normalized spacial score (nSPS) is 12.6. The molecule has 0 radical (unpaired) electrons. The first-order chi connectivity index (χ1) is 28.8. The van der Waals surface area contributed by atoms with Gasteiger partial charge in [-0.1, -0.05) is 182 Å². The molecule has 11 rings (SSSR count). The minimum absolute atomic E-state index is 0.508. The Morgan fingerprint density at radius 2 is 0.931 bits per heavy atom. The van der Waals surface area contributed by atoms with Gasteiger partial charge in [0, 0.05) is 16.9 Å². The molecule has 0 unspecified atom stereocenters. The SMILES string of the molecule is c1ccc(-c2ccc(N(c3ccc(-c4ccc5c(c4)C(c4ccccc4)(c4ccccc4)c4ccc6ccccc6c4-5)nc3)c3ccc4ccccc4c3)cc2)cc1. The summed E-state index contributed by atoms with van der Waals surface area (Å²) in [5.41, 5.74) is 14.7. The highest BCUT2D eigenvalue weighted by Gasteiger charge is 2.46. The van der Waals surface area contributed by atoms with Crippen LogP contribution in [0.3, 0.4) is 0 Å². The molecule has 1 aliphatic rings. The molecule has 9 aromatic carbocycles. The van der Waals surface area contributed by atoms with Gasteiger partial charge in [-0.3, -0.25) is 4.98 Å². The summed E-state index contributed by atoms with van der Waals surface area (Å²) in [6, 6.07) is 81.4. The summed E-state index contributed by atoms with van der Waals surface area (Å²) in [6.07, 6.45) is 2.02. The van der Waals surface area contributed by atoms with E-state index in [1.165, 1.54) is 66.1 Å². The zero-order chi connectivity index (χ0) is 38.5. The predicted molar refractivity (Wildman–Crippen MR) is 242 cm³/mol. The molecule has 0 amide bonds. The molecule has 2 nitrogen and oxygen atoms in total. The van der Waals surface area contributed by atoms with Crippen molar-refractivity contribution in [2.24, 2.45) is 0 Å². The highest BCUT2D eigenvalue weighted by molar-refractivity contribution is 6.04.